The Morgan fingerprint density at radius 2 is 1.93 bits per heavy atom. The SMILES string of the molecule is CCn1c(-c2ccc(-n3ccnc3)cc2)cnc1C(Cc1ccccn1)NC(=O)c1cc2cc([N+](=O)[O-])ccc2o1. The summed E-state index contributed by atoms with van der Waals surface area (Å²) in [7, 11) is 0. The van der Waals surface area contributed by atoms with Crippen LogP contribution in [0.3, 0.4) is 0 Å². The normalized spacial score (nSPS) is 11.9. The molecule has 204 valence electrons. The Morgan fingerprint density at radius 1 is 1.07 bits per heavy atom. The zero-order valence-electron chi connectivity index (χ0n) is 22.0. The van der Waals surface area contributed by atoms with Gasteiger partial charge >= 0.3 is 0 Å². The monoisotopic (exact) mass is 547 g/mol. The summed E-state index contributed by atoms with van der Waals surface area (Å²) in [6.45, 7) is 2.65. The first-order valence-electron chi connectivity index (χ1n) is 13.0. The van der Waals surface area contributed by atoms with Gasteiger partial charge in [-0.05, 0) is 48.9 Å². The van der Waals surface area contributed by atoms with Crippen molar-refractivity contribution < 1.29 is 14.1 Å². The van der Waals surface area contributed by atoms with E-state index < -0.39 is 16.9 Å². The molecule has 1 N–H and O–H groups in total. The number of nitro groups is 1. The van der Waals surface area contributed by atoms with Crippen LogP contribution >= 0.6 is 0 Å². The van der Waals surface area contributed by atoms with Crippen molar-refractivity contribution in [1.29, 1.82) is 0 Å². The molecule has 11 heteroatoms. The molecule has 1 atom stereocenters. The van der Waals surface area contributed by atoms with Gasteiger partial charge in [0, 0.05) is 60.5 Å². The van der Waals surface area contributed by atoms with Gasteiger partial charge in [-0.1, -0.05) is 18.2 Å². The zero-order chi connectivity index (χ0) is 28.3. The molecule has 41 heavy (non-hydrogen) atoms. The predicted octanol–water partition coefficient (Wildman–Crippen LogP) is 5.52. The van der Waals surface area contributed by atoms with Crippen molar-refractivity contribution in [3.63, 3.8) is 0 Å². The van der Waals surface area contributed by atoms with Crippen molar-refractivity contribution in [3.8, 4) is 16.9 Å². The number of carbonyl (C=O) groups excluding carboxylic acids is 1. The van der Waals surface area contributed by atoms with Crippen molar-refractivity contribution in [2.24, 2.45) is 0 Å². The van der Waals surface area contributed by atoms with Crippen molar-refractivity contribution in [1.82, 2.24) is 29.4 Å². The van der Waals surface area contributed by atoms with E-state index in [4.69, 9.17) is 9.40 Å². The fourth-order valence-corrected chi connectivity index (χ4v) is 4.87. The van der Waals surface area contributed by atoms with E-state index in [1.165, 1.54) is 24.3 Å². The average molecular weight is 548 g/mol. The van der Waals surface area contributed by atoms with Crippen molar-refractivity contribution in [3.05, 3.63) is 125 Å². The van der Waals surface area contributed by atoms with E-state index in [1.54, 1.807) is 18.7 Å². The molecule has 1 unspecified atom stereocenters. The Kier molecular flexibility index (Phi) is 6.82. The minimum absolute atomic E-state index is 0.0523. The van der Waals surface area contributed by atoms with Crippen LogP contribution < -0.4 is 5.32 Å². The third kappa shape index (κ3) is 5.20. The molecule has 0 aliphatic rings. The number of aromatic nitrogens is 5. The number of amides is 1. The van der Waals surface area contributed by atoms with Crippen molar-refractivity contribution in [2.75, 3.05) is 0 Å². The molecule has 0 fully saturated rings. The number of furan rings is 1. The Labute approximate surface area is 234 Å². The number of nitrogens with zero attached hydrogens (tertiary/aromatic N) is 6. The molecule has 0 saturated heterocycles. The number of hydrogen-bond donors (Lipinski definition) is 1. The van der Waals surface area contributed by atoms with Crippen LogP contribution in [0.2, 0.25) is 0 Å². The highest BCUT2D eigenvalue weighted by molar-refractivity contribution is 5.96. The van der Waals surface area contributed by atoms with Crippen LogP contribution in [0, 0.1) is 10.1 Å². The van der Waals surface area contributed by atoms with Gasteiger partial charge in [0.15, 0.2) is 5.76 Å². The second-order valence-electron chi connectivity index (χ2n) is 9.40. The molecule has 4 aromatic heterocycles. The summed E-state index contributed by atoms with van der Waals surface area (Å²) in [5.74, 6) is 0.269. The van der Waals surface area contributed by atoms with E-state index >= 15 is 0 Å². The lowest BCUT2D eigenvalue weighted by Gasteiger charge is -2.20. The summed E-state index contributed by atoms with van der Waals surface area (Å²) in [6, 6.07) is 18.9. The van der Waals surface area contributed by atoms with Gasteiger partial charge in [0.2, 0.25) is 0 Å². The molecule has 0 radical (unpaired) electrons. The van der Waals surface area contributed by atoms with Gasteiger partial charge in [0.1, 0.15) is 11.4 Å². The van der Waals surface area contributed by atoms with Crippen LogP contribution in [0.5, 0.6) is 0 Å². The first-order valence-corrected chi connectivity index (χ1v) is 13.0. The quantitative estimate of drug-likeness (QED) is 0.186. The molecule has 6 rings (SSSR count). The van der Waals surface area contributed by atoms with E-state index in [-0.39, 0.29) is 11.4 Å². The highest BCUT2D eigenvalue weighted by Gasteiger charge is 2.25. The van der Waals surface area contributed by atoms with Gasteiger partial charge in [-0.2, -0.15) is 0 Å². The lowest BCUT2D eigenvalue weighted by Crippen LogP contribution is -2.32. The van der Waals surface area contributed by atoms with Crippen molar-refractivity contribution >= 4 is 22.6 Å². The number of nitrogens with one attached hydrogen (secondary N) is 1. The summed E-state index contributed by atoms with van der Waals surface area (Å²) in [5.41, 5.74) is 3.99. The van der Waals surface area contributed by atoms with E-state index in [9.17, 15) is 14.9 Å². The zero-order valence-corrected chi connectivity index (χ0v) is 22.0. The van der Waals surface area contributed by atoms with Gasteiger partial charge in [0.25, 0.3) is 11.6 Å². The van der Waals surface area contributed by atoms with E-state index in [0.717, 1.165) is 22.6 Å². The average Bonchev–Trinajstić information content (AvgIpc) is 3.76. The lowest BCUT2D eigenvalue weighted by molar-refractivity contribution is -0.384. The largest absolute Gasteiger partial charge is 0.451 e. The molecule has 0 spiro atoms. The van der Waals surface area contributed by atoms with Crippen LogP contribution in [-0.4, -0.2) is 34.9 Å². The summed E-state index contributed by atoms with van der Waals surface area (Å²) in [5, 5.41) is 14.7. The molecule has 0 aliphatic carbocycles. The Balaban J connectivity index is 1.33. The molecule has 4 heterocycles. The second kappa shape index (κ2) is 10.9. The maximum Gasteiger partial charge on any atom is 0.287 e. The molecule has 11 nitrogen and oxygen atoms in total. The number of carbonyl (C=O) groups is 1. The molecular weight excluding hydrogens is 522 g/mol. The Hall–Kier alpha value is -5.58. The molecule has 0 bridgehead atoms. The summed E-state index contributed by atoms with van der Waals surface area (Å²) >= 11 is 0. The molecular formula is C30H25N7O4. The van der Waals surface area contributed by atoms with Gasteiger partial charge in [-0.15, -0.1) is 0 Å². The minimum atomic E-state index is -0.529. The van der Waals surface area contributed by atoms with Crippen LogP contribution in [0.15, 0.2) is 102 Å². The molecule has 2 aromatic carbocycles. The van der Waals surface area contributed by atoms with Crippen LogP contribution in [0.4, 0.5) is 5.69 Å². The van der Waals surface area contributed by atoms with E-state index in [1.807, 2.05) is 66.3 Å². The summed E-state index contributed by atoms with van der Waals surface area (Å²) in [6.07, 6.45) is 9.28. The molecule has 0 aliphatic heterocycles. The highest BCUT2D eigenvalue weighted by Crippen LogP contribution is 2.28. The number of imidazole rings is 2. The third-order valence-corrected chi connectivity index (χ3v) is 6.86. The number of non-ortho nitro benzene ring substituents is 1. The summed E-state index contributed by atoms with van der Waals surface area (Å²) < 4.78 is 9.74. The van der Waals surface area contributed by atoms with Crippen LogP contribution in [0.25, 0.3) is 27.9 Å². The molecule has 1 amide bonds. The predicted molar refractivity (Wildman–Crippen MR) is 151 cm³/mol. The van der Waals surface area contributed by atoms with E-state index in [2.05, 4.69) is 19.9 Å². The highest BCUT2D eigenvalue weighted by atomic mass is 16.6. The second-order valence-corrected chi connectivity index (χ2v) is 9.40. The van der Waals surface area contributed by atoms with Gasteiger partial charge in [0.05, 0.1) is 29.2 Å². The number of benzene rings is 2. The van der Waals surface area contributed by atoms with E-state index in [0.29, 0.717) is 29.8 Å². The first kappa shape index (κ1) is 25.7. The smallest absolute Gasteiger partial charge is 0.287 e. The van der Waals surface area contributed by atoms with Crippen LogP contribution in [0.1, 0.15) is 35.0 Å². The number of hydrogen-bond acceptors (Lipinski definition) is 7. The fraction of sp³-hybridized carbons (Fsp3) is 0.133. The maximum absolute atomic E-state index is 13.4. The third-order valence-electron chi connectivity index (χ3n) is 6.86. The molecule has 0 saturated carbocycles. The summed E-state index contributed by atoms with van der Waals surface area (Å²) in [4.78, 5) is 37.4. The van der Waals surface area contributed by atoms with Crippen LogP contribution in [-0.2, 0) is 13.0 Å². The van der Waals surface area contributed by atoms with Gasteiger partial charge in [-0.25, -0.2) is 9.97 Å². The standard InChI is InChI=1S/C30H25N7O4/c1-2-36-26(20-6-8-23(9-7-20)35-14-13-31-19-35)18-33-29(36)25(17-22-5-3-4-12-32-22)34-30(38)28-16-21-15-24(37(39)40)10-11-27(21)41-28/h3-16,18-19,25H,2,17H2,1H3,(H,34,38). The van der Waals surface area contributed by atoms with Gasteiger partial charge < -0.3 is 18.9 Å². The maximum atomic E-state index is 13.4. The Bertz CT molecular complexity index is 1820. The van der Waals surface area contributed by atoms with Gasteiger partial charge in [-0.3, -0.25) is 19.9 Å². The topological polar surface area (TPSA) is 134 Å². The number of rotatable bonds is 9. The van der Waals surface area contributed by atoms with Crippen molar-refractivity contribution in [2.45, 2.75) is 25.9 Å². The minimum Gasteiger partial charge on any atom is -0.451 e. The number of pyridine rings is 1. The number of fused-ring (bicyclic) bond motifs is 1. The molecule has 6 aromatic rings. The lowest BCUT2D eigenvalue weighted by atomic mass is 10.1. The Morgan fingerprint density at radius 3 is 2.63 bits per heavy atom. The first-order chi connectivity index (χ1) is 20.0. The fourth-order valence-electron chi connectivity index (χ4n) is 4.87. The number of nitro benzene ring substituents is 1.